The quantitative estimate of drug-likeness (QED) is 0.801. The Balaban J connectivity index is 1.37. The van der Waals surface area contributed by atoms with Crippen molar-refractivity contribution in [2.45, 2.75) is 70.1 Å². The van der Waals surface area contributed by atoms with Crippen molar-refractivity contribution in [1.29, 1.82) is 0 Å². The Labute approximate surface area is 149 Å². The third-order valence-corrected chi connectivity index (χ3v) is 6.03. The van der Waals surface area contributed by atoms with E-state index in [0.717, 1.165) is 44.1 Å². The van der Waals surface area contributed by atoms with Crippen LogP contribution in [0.15, 0.2) is 30.3 Å². The first-order valence-electron chi connectivity index (χ1n) is 9.72. The standard InChI is InChI=1S/C21H27NO3/c23-20(11-15-9-10-15)17-12-18-7-4-8-19(13-17)22(18)21(24)25-14-16-5-2-1-3-6-16/h1-3,5-6,15,17-19H,4,7-14H2. The Morgan fingerprint density at radius 3 is 2.32 bits per heavy atom. The third kappa shape index (κ3) is 3.88. The van der Waals surface area contributed by atoms with Crippen LogP contribution in [-0.2, 0) is 16.1 Å². The van der Waals surface area contributed by atoms with Gasteiger partial charge in [-0.25, -0.2) is 4.79 Å². The number of piperidine rings is 2. The Morgan fingerprint density at radius 1 is 1.00 bits per heavy atom. The summed E-state index contributed by atoms with van der Waals surface area (Å²) in [7, 11) is 0. The van der Waals surface area contributed by atoms with Crippen molar-refractivity contribution >= 4 is 11.9 Å². The zero-order chi connectivity index (χ0) is 17.2. The van der Waals surface area contributed by atoms with Crippen LogP contribution in [0.25, 0.3) is 0 Å². The van der Waals surface area contributed by atoms with E-state index in [2.05, 4.69) is 0 Å². The molecule has 2 atom stereocenters. The van der Waals surface area contributed by atoms with Crippen LogP contribution in [0, 0.1) is 11.8 Å². The van der Waals surface area contributed by atoms with Crippen LogP contribution in [0.1, 0.15) is 56.9 Å². The monoisotopic (exact) mass is 341 g/mol. The number of amides is 1. The molecular formula is C21H27NO3. The molecule has 1 aromatic carbocycles. The lowest BCUT2D eigenvalue weighted by molar-refractivity contribution is -0.127. The number of benzene rings is 1. The Morgan fingerprint density at radius 2 is 1.68 bits per heavy atom. The zero-order valence-corrected chi connectivity index (χ0v) is 14.7. The minimum atomic E-state index is -0.202. The number of ketones is 1. The van der Waals surface area contributed by atoms with Gasteiger partial charge in [0.25, 0.3) is 0 Å². The number of fused-ring (bicyclic) bond motifs is 2. The second-order valence-electron chi connectivity index (χ2n) is 7.97. The molecule has 0 spiro atoms. The van der Waals surface area contributed by atoms with Gasteiger partial charge in [-0.2, -0.15) is 0 Å². The number of carbonyl (C=O) groups is 2. The van der Waals surface area contributed by atoms with Crippen LogP contribution in [0.3, 0.4) is 0 Å². The number of carbonyl (C=O) groups excluding carboxylic acids is 2. The average Bonchev–Trinajstić information content (AvgIpc) is 3.43. The molecule has 1 saturated carbocycles. The van der Waals surface area contributed by atoms with Crippen molar-refractivity contribution in [3.63, 3.8) is 0 Å². The van der Waals surface area contributed by atoms with Crippen LogP contribution in [0.2, 0.25) is 0 Å². The van der Waals surface area contributed by atoms with Gasteiger partial charge in [0, 0.05) is 24.4 Å². The van der Waals surface area contributed by atoms with Gasteiger partial charge in [0.2, 0.25) is 0 Å². The van der Waals surface area contributed by atoms with E-state index in [1.165, 1.54) is 12.8 Å². The minimum absolute atomic E-state index is 0.161. The van der Waals surface area contributed by atoms with Crippen LogP contribution in [-0.4, -0.2) is 28.9 Å². The van der Waals surface area contributed by atoms with Crippen LogP contribution in [0.5, 0.6) is 0 Å². The zero-order valence-electron chi connectivity index (χ0n) is 14.7. The molecule has 0 radical (unpaired) electrons. The molecule has 0 N–H and O–H groups in total. The highest BCUT2D eigenvalue weighted by molar-refractivity contribution is 5.82. The number of ether oxygens (including phenoxy) is 1. The summed E-state index contributed by atoms with van der Waals surface area (Å²) < 4.78 is 5.58. The summed E-state index contributed by atoms with van der Waals surface area (Å²) in [5, 5.41) is 0. The van der Waals surface area contributed by atoms with Crippen molar-refractivity contribution in [2.75, 3.05) is 0 Å². The topological polar surface area (TPSA) is 46.6 Å². The third-order valence-electron chi connectivity index (χ3n) is 6.03. The Kier molecular flexibility index (Phi) is 4.78. The molecule has 2 unspecified atom stereocenters. The molecule has 2 aliphatic heterocycles. The molecule has 1 aromatic rings. The van der Waals surface area contributed by atoms with E-state index in [4.69, 9.17) is 4.74 Å². The molecule has 1 aliphatic carbocycles. The number of Topliss-reactive ketones (excluding diaryl/α,β-unsaturated/α-hetero) is 1. The average molecular weight is 341 g/mol. The van der Waals surface area contributed by atoms with Crippen molar-refractivity contribution < 1.29 is 14.3 Å². The van der Waals surface area contributed by atoms with Crippen LogP contribution < -0.4 is 0 Å². The van der Waals surface area contributed by atoms with Gasteiger partial charge in [0.15, 0.2) is 0 Å². The maximum absolute atomic E-state index is 12.7. The summed E-state index contributed by atoms with van der Waals surface area (Å²) in [6.07, 6.45) is 7.85. The summed E-state index contributed by atoms with van der Waals surface area (Å²) in [6.45, 7) is 0.319. The lowest BCUT2D eigenvalue weighted by Crippen LogP contribution is -2.55. The fourth-order valence-electron chi connectivity index (χ4n) is 4.51. The van der Waals surface area contributed by atoms with Crippen LogP contribution in [0.4, 0.5) is 4.79 Å². The van der Waals surface area contributed by atoms with E-state index < -0.39 is 0 Å². The van der Waals surface area contributed by atoms with E-state index in [0.29, 0.717) is 18.3 Å². The van der Waals surface area contributed by atoms with Crippen molar-refractivity contribution in [2.24, 2.45) is 11.8 Å². The summed E-state index contributed by atoms with van der Waals surface area (Å²) in [5.74, 6) is 1.26. The lowest BCUT2D eigenvalue weighted by Gasteiger charge is -2.47. The van der Waals surface area contributed by atoms with Crippen molar-refractivity contribution in [3.8, 4) is 0 Å². The van der Waals surface area contributed by atoms with Crippen molar-refractivity contribution in [3.05, 3.63) is 35.9 Å². The van der Waals surface area contributed by atoms with E-state index in [1.54, 1.807) is 0 Å². The van der Waals surface area contributed by atoms with Gasteiger partial charge in [-0.15, -0.1) is 0 Å². The van der Waals surface area contributed by atoms with E-state index >= 15 is 0 Å². The number of nitrogens with zero attached hydrogens (tertiary/aromatic N) is 1. The fraction of sp³-hybridized carbons (Fsp3) is 0.619. The van der Waals surface area contributed by atoms with Gasteiger partial charge in [-0.05, 0) is 56.4 Å². The molecule has 2 bridgehead atoms. The Bertz CT molecular complexity index is 611. The van der Waals surface area contributed by atoms with Gasteiger partial charge in [-0.1, -0.05) is 30.3 Å². The summed E-state index contributed by atoms with van der Waals surface area (Å²) in [6, 6.07) is 10.2. The second kappa shape index (κ2) is 7.19. The molecule has 3 fully saturated rings. The maximum Gasteiger partial charge on any atom is 0.410 e. The maximum atomic E-state index is 12.7. The molecule has 4 heteroatoms. The molecule has 2 saturated heterocycles. The van der Waals surface area contributed by atoms with Gasteiger partial charge < -0.3 is 9.64 Å². The first kappa shape index (κ1) is 16.6. The normalized spacial score (nSPS) is 28.5. The van der Waals surface area contributed by atoms with Gasteiger partial charge in [-0.3, -0.25) is 4.79 Å². The molecule has 2 heterocycles. The SMILES string of the molecule is O=C(CC1CC1)C1CC2CCCC(C1)N2C(=O)OCc1ccccc1. The predicted octanol–water partition coefficient (Wildman–Crippen LogP) is 4.33. The molecule has 4 nitrogen and oxygen atoms in total. The first-order chi connectivity index (χ1) is 12.2. The molecule has 134 valence electrons. The number of hydrogen-bond acceptors (Lipinski definition) is 3. The molecule has 25 heavy (non-hydrogen) atoms. The summed E-state index contributed by atoms with van der Waals surface area (Å²) >= 11 is 0. The minimum Gasteiger partial charge on any atom is -0.445 e. The lowest BCUT2D eigenvalue weighted by atomic mass is 9.76. The molecule has 0 aromatic heterocycles. The van der Waals surface area contributed by atoms with E-state index in [-0.39, 0.29) is 24.1 Å². The second-order valence-corrected chi connectivity index (χ2v) is 7.97. The highest BCUT2D eigenvalue weighted by Crippen LogP contribution is 2.40. The highest BCUT2D eigenvalue weighted by atomic mass is 16.6. The van der Waals surface area contributed by atoms with Gasteiger partial charge >= 0.3 is 6.09 Å². The van der Waals surface area contributed by atoms with Crippen LogP contribution >= 0.6 is 0 Å². The fourth-order valence-corrected chi connectivity index (χ4v) is 4.51. The van der Waals surface area contributed by atoms with Crippen molar-refractivity contribution in [1.82, 2.24) is 4.90 Å². The molecule has 4 rings (SSSR count). The predicted molar refractivity (Wildman–Crippen MR) is 95.0 cm³/mol. The Hall–Kier alpha value is -1.84. The van der Waals surface area contributed by atoms with E-state index in [9.17, 15) is 9.59 Å². The van der Waals surface area contributed by atoms with Gasteiger partial charge in [0.05, 0.1) is 0 Å². The highest BCUT2D eigenvalue weighted by Gasteiger charge is 2.44. The smallest absolute Gasteiger partial charge is 0.410 e. The number of rotatable bonds is 5. The van der Waals surface area contributed by atoms with Gasteiger partial charge in [0.1, 0.15) is 12.4 Å². The number of hydrogen-bond donors (Lipinski definition) is 0. The summed E-state index contributed by atoms with van der Waals surface area (Å²) in [4.78, 5) is 27.2. The summed E-state index contributed by atoms with van der Waals surface area (Å²) in [5.41, 5.74) is 1.01. The van der Waals surface area contributed by atoms with E-state index in [1.807, 2.05) is 35.2 Å². The largest absolute Gasteiger partial charge is 0.445 e. The molecule has 1 amide bonds. The molecule has 3 aliphatic rings. The first-order valence-corrected chi connectivity index (χ1v) is 9.72. The molecular weight excluding hydrogens is 314 g/mol.